The predicted molar refractivity (Wildman–Crippen MR) is 122 cm³/mol. The van der Waals surface area contributed by atoms with E-state index in [9.17, 15) is 29.4 Å². The molecule has 0 unspecified atom stereocenters. The summed E-state index contributed by atoms with van der Waals surface area (Å²) in [7, 11) is 0. The first-order valence-electron chi connectivity index (χ1n) is 12.1. The van der Waals surface area contributed by atoms with E-state index < -0.39 is 63.7 Å². The fourth-order valence-corrected chi connectivity index (χ4v) is 7.30. The zero-order chi connectivity index (χ0) is 26.1. The van der Waals surface area contributed by atoms with Crippen LogP contribution in [0.5, 0.6) is 0 Å². The van der Waals surface area contributed by atoms with Crippen LogP contribution in [0.2, 0.25) is 0 Å². The molecule has 0 aliphatic heterocycles. The number of carboxylic acids is 1. The van der Waals surface area contributed by atoms with Crippen LogP contribution in [-0.4, -0.2) is 62.4 Å². The van der Waals surface area contributed by atoms with Crippen LogP contribution in [-0.2, 0) is 28.7 Å². The minimum absolute atomic E-state index is 0.129. The lowest BCUT2D eigenvalue weighted by atomic mass is 9.60. The molecule has 0 spiro atoms. The second kappa shape index (κ2) is 8.00. The van der Waals surface area contributed by atoms with Gasteiger partial charge in [0, 0.05) is 36.5 Å². The lowest BCUT2D eigenvalue weighted by Crippen LogP contribution is -2.61. The van der Waals surface area contributed by atoms with Crippen LogP contribution in [0.15, 0.2) is 23.3 Å². The maximum atomic E-state index is 13.1. The Kier molecular flexibility index (Phi) is 5.84. The van der Waals surface area contributed by atoms with Gasteiger partial charge in [-0.1, -0.05) is 32.9 Å². The van der Waals surface area contributed by atoms with Gasteiger partial charge >= 0.3 is 17.9 Å². The summed E-state index contributed by atoms with van der Waals surface area (Å²) >= 11 is 0. The summed E-state index contributed by atoms with van der Waals surface area (Å²) in [5.74, 6) is -4.88. The monoisotopic (exact) mass is 490 g/mol. The molecule has 192 valence electrons. The van der Waals surface area contributed by atoms with Crippen LogP contribution in [0.1, 0.15) is 60.3 Å². The molecular weight excluding hydrogens is 456 g/mol. The normalized spacial score (nSPS) is 40.8. The van der Waals surface area contributed by atoms with Crippen LogP contribution in [0.3, 0.4) is 0 Å². The van der Waals surface area contributed by atoms with Crippen LogP contribution in [0, 0.1) is 29.1 Å². The maximum absolute atomic E-state index is 13.1. The summed E-state index contributed by atoms with van der Waals surface area (Å²) in [6.07, 6.45) is 3.02. The van der Waals surface area contributed by atoms with Gasteiger partial charge in [0.1, 0.15) is 17.8 Å². The molecule has 0 amide bonds. The summed E-state index contributed by atoms with van der Waals surface area (Å²) in [6, 6.07) is 0. The first kappa shape index (κ1) is 25.6. The molecule has 35 heavy (non-hydrogen) atoms. The van der Waals surface area contributed by atoms with E-state index in [2.05, 4.69) is 0 Å². The standard InChI is InChI=1S/C26H34O9/c1-13-8-18-24(32,22(13)31)11-16(12-34-20(30)7-6-19(28)29)9-17-21-23(4,5)25(21,35-15(3)27)10-14(2)26(17,18)33/h8-9,14,17-18,21,32-33H,6-7,10-12H2,1-5H3,(H,28,29)/t14-,17+,18-,21+,24-,25+,26-/m1/s1. The average Bonchev–Trinajstić information content (AvgIpc) is 3.14. The molecule has 0 aromatic rings. The molecule has 7 atom stereocenters. The Hall–Kier alpha value is -2.52. The highest BCUT2D eigenvalue weighted by Gasteiger charge is 2.83. The number of hydrogen-bond donors (Lipinski definition) is 3. The highest BCUT2D eigenvalue weighted by atomic mass is 16.6. The van der Waals surface area contributed by atoms with Gasteiger partial charge in [0.15, 0.2) is 5.78 Å². The Bertz CT molecular complexity index is 1060. The van der Waals surface area contributed by atoms with Gasteiger partial charge < -0.3 is 24.8 Å². The number of ketones is 1. The van der Waals surface area contributed by atoms with Crippen molar-refractivity contribution in [3.05, 3.63) is 23.3 Å². The van der Waals surface area contributed by atoms with Crippen LogP contribution >= 0.6 is 0 Å². The van der Waals surface area contributed by atoms with Crippen LogP contribution in [0.25, 0.3) is 0 Å². The van der Waals surface area contributed by atoms with Gasteiger partial charge in [0.25, 0.3) is 0 Å². The van der Waals surface area contributed by atoms with Crippen molar-refractivity contribution in [1.82, 2.24) is 0 Å². The molecule has 0 saturated heterocycles. The van der Waals surface area contributed by atoms with Gasteiger partial charge in [0.2, 0.25) is 0 Å². The molecule has 4 rings (SSSR count). The number of aliphatic carboxylic acids is 1. The number of Topliss-reactive ketones (excluding diaryl/α,β-unsaturated/α-hetero) is 1. The van der Waals surface area contributed by atoms with Gasteiger partial charge in [-0.3, -0.25) is 19.2 Å². The van der Waals surface area contributed by atoms with Crippen molar-refractivity contribution in [3.63, 3.8) is 0 Å². The van der Waals surface area contributed by atoms with Gasteiger partial charge in [-0.2, -0.15) is 0 Å². The predicted octanol–water partition coefficient (Wildman–Crippen LogP) is 1.95. The van der Waals surface area contributed by atoms with E-state index in [1.807, 2.05) is 20.8 Å². The number of rotatable bonds is 6. The quantitative estimate of drug-likeness (QED) is 0.375. The lowest BCUT2D eigenvalue weighted by Gasteiger charge is -2.50. The van der Waals surface area contributed by atoms with Gasteiger partial charge in [-0.25, -0.2) is 0 Å². The van der Waals surface area contributed by atoms with Crippen molar-refractivity contribution in [2.24, 2.45) is 29.1 Å². The number of esters is 2. The number of fused-ring (bicyclic) bond motifs is 5. The fraction of sp³-hybridized carbons (Fsp3) is 0.692. The molecule has 0 heterocycles. The third-order valence-electron chi connectivity index (χ3n) is 8.96. The first-order chi connectivity index (χ1) is 16.1. The van der Waals surface area contributed by atoms with E-state index >= 15 is 0 Å². The third kappa shape index (κ3) is 3.57. The van der Waals surface area contributed by atoms with Crippen molar-refractivity contribution in [3.8, 4) is 0 Å². The summed E-state index contributed by atoms with van der Waals surface area (Å²) in [6.45, 7) is 8.54. The Labute approximate surface area is 204 Å². The Morgan fingerprint density at radius 3 is 2.40 bits per heavy atom. The topological polar surface area (TPSA) is 147 Å². The summed E-state index contributed by atoms with van der Waals surface area (Å²) in [4.78, 5) is 48.0. The molecule has 0 aromatic carbocycles. The van der Waals surface area contributed by atoms with Gasteiger partial charge in [-0.05, 0) is 30.4 Å². The van der Waals surface area contributed by atoms with Gasteiger partial charge in [0.05, 0.1) is 18.4 Å². The molecule has 9 nitrogen and oxygen atoms in total. The van der Waals surface area contributed by atoms with Crippen molar-refractivity contribution in [2.45, 2.75) is 77.1 Å². The minimum Gasteiger partial charge on any atom is -0.481 e. The molecular formula is C26H34O9. The highest BCUT2D eigenvalue weighted by Crippen LogP contribution is 2.76. The van der Waals surface area contributed by atoms with Crippen molar-refractivity contribution < 1.29 is 44.0 Å². The third-order valence-corrected chi connectivity index (χ3v) is 8.96. The van der Waals surface area contributed by atoms with E-state index in [1.165, 1.54) is 6.92 Å². The zero-order valence-corrected chi connectivity index (χ0v) is 20.8. The molecule has 0 bridgehead atoms. The molecule has 9 heteroatoms. The fourth-order valence-electron chi connectivity index (χ4n) is 7.30. The van der Waals surface area contributed by atoms with Gasteiger partial charge in [-0.15, -0.1) is 0 Å². The molecule has 2 fully saturated rings. The Balaban J connectivity index is 1.75. The minimum atomic E-state index is -1.90. The van der Waals surface area contributed by atoms with E-state index in [4.69, 9.17) is 14.6 Å². The second-order valence-electron chi connectivity index (χ2n) is 11.3. The number of carboxylic acid groups (broad SMARTS) is 1. The Morgan fingerprint density at radius 2 is 1.80 bits per heavy atom. The summed E-state index contributed by atoms with van der Waals surface area (Å²) < 4.78 is 11.2. The molecule has 0 radical (unpaired) electrons. The van der Waals surface area contributed by atoms with E-state index in [0.717, 1.165) is 0 Å². The van der Waals surface area contributed by atoms with Crippen molar-refractivity contribution in [2.75, 3.05) is 6.61 Å². The van der Waals surface area contributed by atoms with Crippen LogP contribution < -0.4 is 0 Å². The number of ether oxygens (including phenoxy) is 2. The number of carbonyl (C=O) groups excluding carboxylic acids is 3. The van der Waals surface area contributed by atoms with Crippen LogP contribution in [0.4, 0.5) is 0 Å². The number of aliphatic hydroxyl groups is 2. The summed E-state index contributed by atoms with van der Waals surface area (Å²) in [5.41, 5.74) is -3.83. The van der Waals surface area contributed by atoms with Crippen molar-refractivity contribution in [1.29, 1.82) is 0 Å². The zero-order valence-electron chi connectivity index (χ0n) is 20.8. The molecule has 3 N–H and O–H groups in total. The summed E-state index contributed by atoms with van der Waals surface area (Å²) in [5, 5.41) is 32.8. The smallest absolute Gasteiger partial charge is 0.306 e. The Morgan fingerprint density at radius 1 is 1.14 bits per heavy atom. The maximum Gasteiger partial charge on any atom is 0.306 e. The second-order valence-corrected chi connectivity index (χ2v) is 11.3. The van der Waals surface area contributed by atoms with E-state index in [-0.39, 0.29) is 31.8 Å². The molecule has 4 aliphatic rings. The largest absolute Gasteiger partial charge is 0.481 e. The average molecular weight is 491 g/mol. The molecule has 0 aromatic heterocycles. The first-order valence-corrected chi connectivity index (χ1v) is 12.1. The molecule has 4 aliphatic carbocycles. The van der Waals surface area contributed by atoms with E-state index in [1.54, 1.807) is 19.1 Å². The SMILES string of the molecule is CC(=O)O[C@@]12C[C@@H](C)[C@@]3(O)[C@@H](C=C(COC(=O)CCC(=O)O)C[C@]4(O)C(=O)C(C)=C[C@@H]34)[C@H]1C2(C)C. The number of hydrogen-bond acceptors (Lipinski definition) is 8. The number of carbonyl (C=O) groups is 4. The van der Waals surface area contributed by atoms with E-state index in [0.29, 0.717) is 17.6 Å². The molecule has 2 saturated carbocycles. The van der Waals surface area contributed by atoms with Crippen molar-refractivity contribution >= 4 is 23.7 Å². The lowest BCUT2D eigenvalue weighted by molar-refractivity contribution is -0.186. The highest BCUT2D eigenvalue weighted by molar-refractivity contribution is 6.04.